The van der Waals surface area contributed by atoms with Crippen molar-refractivity contribution in [3.05, 3.63) is 63.6 Å². The van der Waals surface area contributed by atoms with Gasteiger partial charge in [-0.1, -0.05) is 53.5 Å². The quantitative estimate of drug-likeness (QED) is 0.671. The van der Waals surface area contributed by atoms with Gasteiger partial charge in [0.25, 0.3) is 0 Å². The third kappa shape index (κ3) is 3.49. The van der Waals surface area contributed by atoms with Gasteiger partial charge in [0.05, 0.1) is 15.7 Å². The number of nitrogen functional groups attached to an aromatic ring is 1. The summed E-state index contributed by atoms with van der Waals surface area (Å²) in [6.07, 6.45) is 1.11. The highest BCUT2D eigenvalue weighted by atomic mass is 35.5. The van der Waals surface area contributed by atoms with Crippen molar-refractivity contribution in [2.75, 3.05) is 5.73 Å². The van der Waals surface area contributed by atoms with E-state index in [4.69, 9.17) is 28.9 Å². The van der Waals surface area contributed by atoms with Gasteiger partial charge in [-0.25, -0.2) is 0 Å². The van der Waals surface area contributed by atoms with E-state index in [2.05, 4.69) is 0 Å². The fraction of sp³-hybridized carbons (Fsp3) is 0.133. The third-order valence-electron chi connectivity index (χ3n) is 2.88. The summed E-state index contributed by atoms with van der Waals surface area (Å²) in [6.45, 7) is 0. The molecule has 0 fully saturated rings. The smallest absolute Gasteiger partial charge is 0.163 e. The normalized spacial score (nSPS) is 10.4. The molecule has 98 valence electrons. The van der Waals surface area contributed by atoms with Crippen LogP contribution in [0.25, 0.3) is 0 Å². The number of hydrogen-bond donors (Lipinski definition) is 1. The van der Waals surface area contributed by atoms with Gasteiger partial charge in [0.15, 0.2) is 5.78 Å². The van der Waals surface area contributed by atoms with Crippen LogP contribution < -0.4 is 5.73 Å². The minimum atomic E-state index is 0.00709. The summed E-state index contributed by atoms with van der Waals surface area (Å²) in [5, 5.41) is 0.631. The molecule has 4 heteroatoms. The molecule has 0 aromatic heterocycles. The van der Waals surface area contributed by atoms with Crippen LogP contribution in [0.4, 0.5) is 5.69 Å². The van der Waals surface area contributed by atoms with E-state index in [-0.39, 0.29) is 5.78 Å². The number of nitrogens with two attached hydrogens (primary N) is 1. The first kappa shape index (κ1) is 13.9. The monoisotopic (exact) mass is 293 g/mol. The molecule has 0 amide bonds. The van der Waals surface area contributed by atoms with Crippen molar-refractivity contribution in [3.8, 4) is 0 Å². The number of ketones is 1. The first-order chi connectivity index (χ1) is 9.08. The zero-order valence-corrected chi connectivity index (χ0v) is 11.7. The van der Waals surface area contributed by atoms with E-state index < -0.39 is 0 Å². The van der Waals surface area contributed by atoms with E-state index >= 15 is 0 Å². The zero-order valence-electron chi connectivity index (χ0n) is 10.2. The van der Waals surface area contributed by atoms with Crippen molar-refractivity contribution < 1.29 is 4.79 Å². The van der Waals surface area contributed by atoms with E-state index in [9.17, 15) is 4.79 Å². The molecule has 2 N–H and O–H groups in total. The van der Waals surface area contributed by atoms with Gasteiger partial charge in [-0.15, -0.1) is 0 Å². The lowest BCUT2D eigenvalue weighted by atomic mass is 10.0. The van der Waals surface area contributed by atoms with Gasteiger partial charge in [0, 0.05) is 12.0 Å². The molecular formula is C15H13Cl2NO. The summed E-state index contributed by atoms with van der Waals surface area (Å²) in [6, 6.07) is 13.0. The number of rotatable bonds is 4. The van der Waals surface area contributed by atoms with Crippen molar-refractivity contribution in [3.63, 3.8) is 0 Å². The van der Waals surface area contributed by atoms with Crippen LogP contribution in [0.3, 0.4) is 0 Å². The van der Waals surface area contributed by atoms with Gasteiger partial charge >= 0.3 is 0 Å². The Balaban J connectivity index is 2.08. The van der Waals surface area contributed by atoms with Crippen molar-refractivity contribution in [1.29, 1.82) is 0 Å². The summed E-state index contributed by atoms with van der Waals surface area (Å²) < 4.78 is 0. The molecule has 2 rings (SSSR count). The second kappa shape index (κ2) is 6.09. The van der Waals surface area contributed by atoms with E-state index in [0.29, 0.717) is 34.1 Å². The van der Waals surface area contributed by atoms with E-state index in [1.165, 1.54) is 0 Å². The average Bonchev–Trinajstić information content (AvgIpc) is 2.42. The van der Waals surface area contributed by atoms with Gasteiger partial charge in [-0.05, 0) is 24.1 Å². The summed E-state index contributed by atoms with van der Waals surface area (Å²) in [5.74, 6) is 0.00709. The minimum absolute atomic E-state index is 0.00709. The Labute approximate surface area is 122 Å². The molecule has 0 saturated heterocycles. The number of halogens is 2. The highest BCUT2D eigenvalue weighted by molar-refractivity contribution is 6.39. The van der Waals surface area contributed by atoms with E-state index in [0.717, 1.165) is 5.56 Å². The maximum absolute atomic E-state index is 12.1. The fourth-order valence-electron chi connectivity index (χ4n) is 1.79. The Morgan fingerprint density at radius 3 is 2.21 bits per heavy atom. The number of Topliss-reactive ketones (excluding diaryl/α,β-unsaturated/α-hetero) is 1. The van der Waals surface area contributed by atoms with Gasteiger partial charge < -0.3 is 5.73 Å². The molecule has 0 bridgehead atoms. The number of carbonyl (C=O) groups excluding carboxylic acids is 1. The highest BCUT2D eigenvalue weighted by Crippen LogP contribution is 2.29. The van der Waals surface area contributed by atoms with Crippen LogP contribution in [-0.2, 0) is 6.42 Å². The Morgan fingerprint density at radius 1 is 1.05 bits per heavy atom. The number of carbonyl (C=O) groups is 1. The van der Waals surface area contributed by atoms with Crippen LogP contribution in [0.2, 0.25) is 10.0 Å². The molecule has 2 nitrogen and oxygen atoms in total. The Hall–Kier alpha value is -1.51. The van der Waals surface area contributed by atoms with Crippen LogP contribution in [0.15, 0.2) is 42.5 Å². The lowest BCUT2D eigenvalue weighted by molar-refractivity contribution is 0.0983. The molecule has 0 atom stereocenters. The van der Waals surface area contributed by atoms with Gasteiger partial charge in [-0.2, -0.15) is 0 Å². The number of aryl methyl sites for hydroxylation is 1. The largest absolute Gasteiger partial charge is 0.396 e. The van der Waals surface area contributed by atoms with E-state index in [1.54, 1.807) is 12.1 Å². The maximum atomic E-state index is 12.1. The molecule has 0 unspecified atom stereocenters. The molecule has 19 heavy (non-hydrogen) atoms. The third-order valence-corrected chi connectivity index (χ3v) is 3.51. The molecule has 0 aliphatic heterocycles. The van der Waals surface area contributed by atoms with Crippen LogP contribution in [-0.4, -0.2) is 5.78 Å². The predicted molar refractivity (Wildman–Crippen MR) is 80.0 cm³/mol. The van der Waals surface area contributed by atoms with Crippen molar-refractivity contribution in [1.82, 2.24) is 0 Å². The Kier molecular flexibility index (Phi) is 4.46. The first-order valence-electron chi connectivity index (χ1n) is 5.89. The number of anilines is 1. The predicted octanol–water partition coefficient (Wildman–Crippen LogP) is 4.39. The minimum Gasteiger partial charge on any atom is -0.396 e. The molecule has 0 spiro atoms. The summed E-state index contributed by atoms with van der Waals surface area (Å²) >= 11 is 11.8. The van der Waals surface area contributed by atoms with Crippen LogP contribution in [0.5, 0.6) is 0 Å². The van der Waals surface area contributed by atoms with Crippen molar-refractivity contribution in [2.45, 2.75) is 12.8 Å². The summed E-state index contributed by atoms with van der Waals surface area (Å²) in [4.78, 5) is 12.1. The summed E-state index contributed by atoms with van der Waals surface area (Å²) in [5.41, 5.74) is 7.58. The van der Waals surface area contributed by atoms with Crippen LogP contribution in [0, 0.1) is 0 Å². The van der Waals surface area contributed by atoms with Gasteiger partial charge in [0.1, 0.15) is 0 Å². The molecule has 0 heterocycles. The molecular weight excluding hydrogens is 281 g/mol. The van der Waals surface area contributed by atoms with Crippen molar-refractivity contribution in [2.24, 2.45) is 0 Å². The second-order valence-electron chi connectivity index (χ2n) is 4.26. The average molecular weight is 294 g/mol. The molecule has 2 aromatic rings. The molecule has 2 aromatic carbocycles. The maximum Gasteiger partial charge on any atom is 0.163 e. The topological polar surface area (TPSA) is 43.1 Å². The van der Waals surface area contributed by atoms with Crippen molar-refractivity contribution >= 4 is 34.7 Å². The fourth-order valence-corrected chi connectivity index (χ4v) is 2.28. The SMILES string of the molecule is Nc1c(Cl)cc(C(=O)CCc2ccccc2)cc1Cl. The van der Waals surface area contributed by atoms with Crippen LogP contribution >= 0.6 is 23.2 Å². The zero-order chi connectivity index (χ0) is 13.8. The summed E-state index contributed by atoms with van der Waals surface area (Å²) in [7, 11) is 0. The number of hydrogen-bond acceptors (Lipinski definition) is 2. The first-order valence-corrected chi connectivity index (χ1v) is 6.65. The van der Waals surface area contributed by atoms with Crippen LogP contribution in [0.1, 0.15) is 22.3 Å². The van der Waals surface area contributed by atoms with Gasteiger partial charge in [-0.3, -0.25) is 4.79 Å². The highest BCUT2D eigenvalue weighted by Gasteiger charge is 2.11. The molecule has 0 radical (unpaired) electrons. The van der Waals surface area contributed by atoms with Gasteiger partial charge in [0.2, 0.25) is 0 Å². The lowest BCUT2D eigenvalue weighted by Crippen LogP contribution is -2.02. The molecule has 0 aliphatic carbocycles. The van der Waals surface area contributed by atoms with E-state index in [1.807, 2.05) is 30.3 Å². The molecule has 0 saturated carbocycles. The second-order valence-corrected chi connectivity index (χ2v) is 5.08. The Bertz CT molecular complexity index is 573. The lowest BCUT2D eigenvalue weighted by Gasteiger charge is -2.06. The standard InChI is InChI=1S/C15H13Cl2NO/c16-12-8-11(9-13(17)15(12)18)14(19)7-6-10-4-2-1-3-5-10/h1-5,8-9H,6-7,18H2. The Morgan fingerprint density at radius 2 is 1.63 bits per heavy atom. The number of benzene rings is 2. The molecule has 0 aliphatic rings.